The maximum absolute atomic E-state index is 12.2. The van der Waals surface area contributed by atoms with Crippen molar-refractivity contribution in [3.8, 4) is 0 Å². The summed E-state index contributed by atoms with van der Waals surface area (Å²) < 4.78 is 22.8. The van der Waals surface area contributed by atoms with Gasteiger partial charge in [0.1, 0.15) is 0 Å². The Morgan fingerprint density at radius 2 is 1.86 bits per heavy atom. The largest absolute Gasteiger partial charge is 0.337 e. The van der Waals surface area contributed by atoms with Crippen molar-refractivity contribution >= 4 is 21.8 Å². The smallest absolute Gasteiger partial charge is 0.317 e. The molecule has 22 heavy (non-hydrogen) atoms. The van der Waals surface area contributed by atoms with E-state index in [0.29, 0.717) is 38.5 Å². The number of sulfone groups is 1. The molecular formula is C13H19N5O3S. The van der Waals surface area contributed by atoms with Crippen LogP contribution in [0.2, 0.25) is 0 Å². The molecule has 0 aliphatic carbocycles. The van der Waals surface area contributed by atoms with E-state index in [2.05, 4.69) is 15.3 Å². The zero-order valence-electron chi connectivity index (χ0n) is 12.2. The molecule has 2 aliphatic heterocycles. The molecule has 0 radical (unpaired) electrons. The first-order valence-corrected chi connectivity index (χ1v) is 9.13. The van der Waals surface area contributed by atoms with Crippen LogP contribution in [0.3, 0.4) is 0 Å². The number of urea groups is 1. The molecule has 2 fully saturated rings. The predicted molar refractivity (Wildman–Crippen MR) is 81.4 cm³/mol. The Kier molecular flexibility index (Phi) is 4.14. The monoisotopic (exact) mass is 325 g/mol. The van der Waals surface area contributed by atoms with Crippen LogP contribution in [-0.2, 0) is 9.84 Å². The zero-order chi connectivity index (χ0) is 15.6. The van der Waals surface area contributed by atoms with Gasteiger partial charge in [0.2, 0.25) is 5.95 Å². The van der Waals surface area contributed by atoms with E-state index in [1.165, 1.54) is 0 Å². The van der Waals surface area contributed by atoms with Crippen LogP contribution in [0.4, 0.5) is 10.7 Å². The Hall–Kier alpha value is -1.90. The lowest BCUT2D eigenvalue weighted by atomic mass is 10.2. The average Bonchev–Trinajstić information content (AvgIpc) is 2.87. The van der Waals surface area contributed by atoms with Crippen molar-refractivity contribution in [3.05, 3.63) is 18.5 Å². The van der Waals surface area contributed by atoms with Crippen LogP contribution in [0, 0.1) is 0 Å². The summed E-state index contributed by atoms with van der Waals surface area (Å²) in [5.74, 6) is 0.887. The first kappa shape index (κ1) is 15.0. The van der Waals surface area contributed by atoms with Gasteiger partial charge in [-0.15, -0.1) is 0 Å². The number of piperazine rings is 1. The minimum absolute atomic E-state index is 0.0521. The molecule has 2 saturated heterocycles. The summed E-state index contributed by atoms with van der Waals surface area (Å²) in [6, 6.07) is 1.33. The molecule has 1 aromatic rings. The van der Waals surface area contributed by atoms with Gasteiger partial charge in [-0.2, -0.15) is 0 Å². The molecule has 3 rings (SSSR count). The fourth-order valence-electron chi connectivity index (χ4n) is 2.74. The maximum atomic E-state index is 12.2. The highest BCUT2D eigenvalue weighted by Crippen LogP contribution is 2.13. The number of nitrogens with zero attached hydrogens (tertiary/aromatic N) is 4. The third-order valence-electron chi connectivity index (χ3n) is 3.96. The predicted octanol–water partition coefficient (Wildman–Crippen LogP) is -0.505. The van der Waals surface area contributed by atoms with Gasteiger partial charge < -0.3 is 15.1 Å². The first-order chi connectivity index (χ1) is 10.5. The van der Waals surface area contributed by atoms with Gasteiger partial charge in [0.15, 0.2) is 9.84 Å². The number of anilines is 1. The second-order valence-electron chi connectivity index (χ2n) is 5.57. The Balaban J connectivity index is 1.50. The lowest BCUT2D eigenvalue weighted by Gasteiger charge is -2.35. The van der Waals surface area contributed by atoms with E-state index in [-0.39, 0.29) is 23.6 Å². The molecule has 0 saturated carbocycles. The summed E-state index contributed by atoms with van der Waals surface area (Å²) >= 11 is 0. The Morgan fingerprint density at radius 3 is 2.45 bits per heavy atom. The SMILES string of the molecule is O=C(NC1CCS(=O)(=O)C1)N1CCN(c2ncccn2)CC1. The molecule has 120 valence electrons. The molecule has 1 unspecified atom stereocenters. The van der Waals surface area contributed by atoms with Gasteiger partial charge >= 0.3 is 6.03 Å². The minimum atomic E-state index is -2.97. The number of carbonyl (C=O) groups is 1. The summed E-state index contributed by atoms with van der Waals surface area (Å²) in [6.07, 6.45) is 3.90. The quantitative estimate of drug-likeness (QED) is 0.787. The minimum Gasteiger partial charge on any atom is -0.337 e. The van der Waals surface area contributed by atoms with E-state index in [1.54, 1.807) is 23.4 Å². The molecule has 3 heterocycles. The molecule has 0 aromatic carbocycles. The van der Waals surface area contributed by atoms with E-state index in [9.17, 15) is 13.2 Å². The van der Waals surface area contributed by atoms with Gasteiger partial charge in [-0.3, -0.25) is 0 Å². The zero-order valence-corrected chi connectivity index (χ0v) is 13.0. The van der Waals surface area contributed by atoms with Crippen LogP contribution >= 0.6 is 0 Å². The number of hydrogen-bond acceptors (Lipinski definition) is 6. The van der Waals surface area contributed by atoms with Gasteiger partial charge in [0.25, 0.3) is 0 Å². The van der Waals surface area contributed by atoms with E-state index < -0.39 is 9.84 Å². The molecule has 0 spiro atoms. The highest BCUT2D eigenvalue weighted by molar-refractivity contribution is 7.91. The normalized spacial score (nSPS) is 24.3. The molecule has 1 atom stereocenters. The molecule has 9 heteroatoms. The fraction of sp³-hybridized carbons (Fsp3) is 0.615. The van der Waals surface area contributed by atoms with Crippen molar-refractivity contribution < 1.29 is 13.2 Å². The lowest BCUT2D eigenvalue weighted by Crippen LogP contribution is -2.54. The second-order valence-corrected chi connectivity index (χ2v) is 7.80. The molecule has 8 nitrogen and oxygen atoms in total. The number of amides is 2. The van der Waals surface area contributed by atoms with Gasteiger partial charge in [-0.1, -0.05) is 0 Å². The van der Waals surface area contributed by atoms with Crippen LogP contribution in [0.25, 0.3) is 0 Å². The lowest BCUT2D eigenvalue weighted by molar-refractivity contribution is 0.191. The number of nitrogens with one attached hydrogen (secondary N) is 1. The highest BCUT2D eigenvalue weighted by Gasteiger charge is 2.31. The average molecular weight is 325 g/mol. The first-order valence-electron chi connectivity index (χ1n) is 7.31. The number of rotatable bonds is 2. The van der Waals surface area contributed by atoms with Crippen molar-refractivity contribution in [2.45, 2.75) is 12.5 Å². The van der Waals surface area contributed by atoms with Gasteiger partial charge in [-0.05, 0) is 12.5 Å². The van der Waals surface area contributed by atoms with Crippen molar-refractivity contribution in [3.63, 3.8) is 0 Å². The van der Waals surface area contributed by atoms with E-state index in [1.807, 2.05) is 4.90 Å². The third kappa shape index (κ3) is 3.46. The molecule has 1 aromatic heterocycles. The van der Waals surface area contributed by atoms with Gasteiger partial charge in [0.05, 0.1) is 11.5 Å². The summed E-state index contributed by atoms with van der Waals surface area (Å²) in [4.78, 5) is 24.3. The van der Waals surface area contributed by atoms with Crippen LogP contribution < -0.4 is 10.2 Å². The second kappa shape index (κ2) is 6.07. The number of hydrogen-bond donors (Lipinski definition) is 1. The summed E-state index contributed by atoms with van der Waals surface area (Å²) in [5, 5.41) is 2.82. The number of aromatic nitrogens is 2. The van der Waals surface area contributed by atoms with E-state index in [4.69, 9.17) is 0 Å². The number of carbonyl (C=O) groups excluding carboxylic acids is 1. The molecule has 1 N–H and O–H groups in total. The van der Waals surface area contributed by atoms with Crippen molar-refractivity contribution in [1.29, 1.82) is 0 Å². The molecule has 2 aliphatic rings. The third-order valence-corrected chi connectivity index (χ3v) is 5.73. The van der Waals surface area contributed by atoms with Crippen molar-refractivity contribution in [2.75, 3.05) is 42.6 Å². The van der Waals surface area contributed by atoms with Crippen LogP contribution in [0.1, 0.15) is 6.42 Å². The van der Waals surface area contributed by atoms with Crippen LogP contribution in [-0.4, -0.2) is 73.0 Å². The summed E-state index contributed by atoms with van der Waals surface area (Å²) in [6.45, 7) is 2.48. The van der Waals surface area contributed by atoms with Gasteiger partial charge in [-0.25, -0.2) is 23.2 Å². The fourth-order valence-corrected chi connectivity index (χ4v) is 4.41. The Labute approximate surface area is 129 Å². The summed E-state index contributed by atoms with van der Waals surface area (Å²) in [7, 11) is -2.97. The maximum Gasteiger partial charge on any atom is 0.317 e. The standard InChI is InChI=1S/C13H19N5O3S/c19-13(16-11-2-9-22(20,21)10-11)18-7-5-17(6-8-18)12-14-3-1-4-15-12/h1,3-4,11H,2,5-10H2,(H,16,19). The Bertz CT molecular complexity index is 628. The van der Waals surface area contributed by atoms with E-state index in [0.717, 1.165) is 0 Å². The topological polar surface area (TPSA) is 95.5 Å². The van der Waals surface area contributed by atoms with Crippen molar-refractivity contribution in [2.24, 2.45) is 0 Å². The van der Waals surface area contributed by atoms with E-state index >= 15 is 0 Å². The highest BCUT2D eigenvalue weighted by atomic mass is 32.2. The van der Waals surface area contributed by atoms with Crippen molar-refractivity contribution in [1.82, 2.24) is 20.2 Å². The molecular weight excluding hydrogens is 306 g/mol. The Morgan fingerprint density at radius 1 is 1.18 bits per heavy atom. The summed E-state index contributed by atoms with van der Waals surface area (Å²) in [5.41, 5.74) is 0. The van der Waals surface area contributed by atoms with Gasteiger partial charge in [0, 0.05) is 44.6 Å². The molecule has 0 bridgehead atoms. The van der Waals surface area contributed by atoms with Crippen LogP contribution in [0.15, 0.2) is 18.5 Å². The molecule has 2 amide bonds. The van der Waals surface area contributed by atoms with Crippen LogP contribution in [0.5, 0.6) is 0 Å².